The van der Waals surface area contributed by atoms with Crippen molar-refractivity contribution in [2.75, 3.05) is 32.2 Å². The van der Waals surface area contributed by atoms with Crippen molar-refractivity contribution in [3.63, 3.8) is 0 Å². The monoisotopic (exact) mass is 399 g/mol. The lowest BCUT2D eigenvalue weighted by Gasteiger charge is -2.15. The number of rotatable bonds is 10. The van der Waals surface area contributed by atoms with Crippen molar-refractivity contribution >= 4 is 18.0 Å². The minimum atomic E-state index is -0.685. The van der Waals surface area contributed by atoms with Gasteiger partial charge >= 0.3 is 5.97 Å². The first-order valence-electron chi connectivity index (χ1n) is 9.08. The van der Waals surface area contributed by atoms with E-state index >= 15 is 0 Å². The van der Waals surface area contributed by atoms with Gasteiger partial charge in [0.2, 0.25) is 5.88 Å². The molecule has 1 aromatic carbocycles. The van der Waals surface area contributed by atoms with Crippen LogP contribution in [0.1, 0.15) is 12.5 Å². The second-order valence-corrected chi connectivity index (χ2v) is 5.95. The van der Waals surface area contributed by atoms with Crippen LogP contribution in [0.5, 0.6) is 5.75 Å². The summed E-state index contributed by atoms with van der Waals surface area (Å²) in [5.74, 6) is -0.126. The number of phenolic OH excluding ortho intramolecular Hbond substituents is 1. The Morgan fingerprint density at radius 3 is 2.66 bits per heavy atom. The van der Waals surface area contributed by atoms with Crippen LogP contribution < -0.4 is 5.32 Å². The Balaban J connectivity index is 2.39. The number of hydrogen-bond donors (Lipinski definition) is 3. The molecule has 0 aliphatic heterocycles. The van der Waals surface area contributed by atoms with Gasteiger partial charge in [-0.15, -0.1) is 0 Å². The predicted molar refractivity (Wildman–Crippen MR) is 110 cm³/mol. The maximum absolute atomic E-state index is 12.2. The number of nitrogens with zero attached hydrogens (tertiary/aromatic N) is 1. The molecule has 8 nitrogen and oxygen atoms in total. The number of carbonyl (C=O) groups is 1. The predicted octanol–water partition coefficient (Wildman–Crippen LogP) is 3.26. The number of carbonyl (C=O) groups excluding carboxylic acids is 1. The molecule has 1 aromatic heterocycles. The van der Waals surface area contributed by atoms with Crippen LogP contribution in [0.3, 0.4) is 0 Å². The topological polar surface area (TPSA) is 114 Å². The first-order valence-corrected chi connectivity index (χ1v) is 9.08. The van der Waals surface area contributed by atoms with Crippen LogP contribution >= 0.6 is 0 Å². The summed E-state index contributed by atoms with van der Waals surface area (Å²) < 4.78 is 15.6. The Kier molecular flexibility index (Phi) is 8.17. The number of pyridine rings is 1. The number of esters is 1. The molecule has 29 heavy (non-hydrogen) atoms. The summed E-state index contributed by atoms with van der Waals surface area (Å²) >= 11 is 0. The molecular weight excluding hydrogens is 374 g/mol. The van der Waals surface area contributed by atoms with Gasteiger partial charge in [0.25, 0.3) is 0 Å². The average molecular weight is 399 g/mol. The lowest BCUT2D eigenvalue weighted by molar-refractivity contribution is -0.138. The van der Waals surface area contributed by atoms with Crippen LogP contribution in [0, 0.1) is 12.3 Å². The first-order chi connectivity index (χ1) is 14.0. The van der Waals surface area contributed by atoms with E-state index in [9.17, 15) is 9.90 Å². The van der Waals surface area contributed by atoms with Gasteiger partial charge in [0, 0.05) is 18.9 Å². The van der Waals surface area contributed by atoms with E-state index in [1.165, 1.54) is 7.11 Å². The Morgan fingerprint density at radius 2 is 1.97 bits per heavy atom. The molecule has 0 unspecified atom stereocenters. The number of para-hydroxylation sites is 1. The highest BCUT2D eigenvalue weighted by Gasteiger charge is 2.18. The van der Waals surface area contributed by atoms with Gasteiger partial charge in [-0.3, -0.25) is 0 Å². The highest BCUT2D eigenvalue weighted by atomic mass is 16.5. The van der Waals surface area contributed by atoms with E-state index in [-0.39, 0.29) is 30.4 Å². The Labute approximate surface area is 169 Å². The van der Waals surface area contributed by atoms with E-state index in [4.69, 9.17) is 19.6 Å². The summed E-state index contributed by atoms with van der Waals surface area (Å²) in [7, 11) is 1.53. The fourth-order valence-corrected chi connectivity index (χ4v) is 2.47. The lowest BCUT2D eigenvalue weighted by atomic mass is 10.1. The summed E-state index contributed by atoms with van der Waals surface area (Å²) in [6, 6.07) is 10.6. The van der Waals surface area contributed by atoms with Gasteiger partial charge in [-0.1, -0.05) is 18.2 Å². The Morgan fingerprint density at radius 1 is 1.21 bits per heavy atom. The van der Waals surface area contributed by atoms with Gasteiger partial charge in [0.05, 0.1) is 18.9 Å². The number of anilines is 1. The molecule has 0 radical (unpaired) electrons. The van der Waals surface area contributed by atoms with Crippen molar-refractivity contribution < 1.29 is 24.1 Å². The second kappa shape index (κ2) is 10.8. The number of methoxy groups -OCH3 is 1. The molecule has 8 heteroatoms. The van der Waals surface area contributed by atoms with Crippen LogP contribution in [-0.2, 0) is 19.0 Å². The number of benzene rings is 1. The van der Waals surface area contributed by atoms with E-state index in [0.29, 0.717) is 23.7 Å². The largest absolute Gasteiger partial charge is 0.507 e. The molecule has 2 aromatic rings. The molecule has 3 N–H and O–H groups in total. The highest BCUT2D eigenvalue weighted by Crippen LogP contribution is 2.31. The van der Waals surface area contributed by atoms with Crippen molar-refractivity contribution in [1.82, 2.24) is 4.98 Å². The van der Waals surface area contributed by atoms with Crippen LogP contribution in [0.25, 0.3) is 11.3 Å². The van der Waals surface area contributed by atoms with Crippen LogP contribution in [0.15, 0.2) is 47.9 Å². The second-order valence-electron chi connectivity index (χ2n) is 5.95. The highest BCUT2D eigenvalue weighted by molar-refractivity contribution is 6.09. The number of aromatic hydroxyl groups is 1. The summed E-state index contributed by atoms with van der Waals surface area (Å²) in [5, 5.41) is 20.8. The fraction of sp³-hybridized carbons (Fsp3) is 0.286. The molecule has 0 saturated heterocycles. The van der Waals surface area contributed by atoms with Gasteiger partial charge < -0.3 is 30.0 Å². The molecule has 1 heterocycles. The minimum absolute atomic E-state index is 0.0358. The third kappa shape index (κ3) is 5.79. The first kappa shape index (κ1) is 21.9. The summed E-state index contributed by atoms with van der Waals surface area (Å²) in [4.78, 5) is 16.7. The van der Waals surface area contributed by atoms with E-state index in [2.05, 4.69) is 10.3 Å². The van der Waals surface area contributed by atoms with Crippen LogP contribution in [0.2, 0.25) is 0 Å². The summed E-state index contributed by atoms with van der Waals surface area (Å²) in [5.41, 5.74) is 1.78. The van der Waals surface area contributed by atoms with Gasteiger partial charge in [-0.2, -0.15) is 0 Å². The number of ether oxygens (including phenoxy) is 3. The number of hydrogen-bond acceptors (Lipinski definition) is 8. The molecule has 0 bridgehead atoms. The maximum Gasteiger partial charge on any atom is 0.345 e. The zero-order chi connectivity index (χ0) is 21.2. The van der Waals surface area contributed by atoms with Crippen LogP contribution in [0.4, 0.5) is 5.82 Å². The number of aromatic nitrogens is 1. The zero-order valence-electron chi connectivity index (χ0n) is 16.7. The molecule has 2 rings (SSSR count). The smallest absolute Gasteiger partial charge is 0.345 e. The van der Waals surface area contributed by atoms with E-state index < -0.39 is 5.97 Å². The van der Waals surface area contributed by atoms with Crippen molar-refractivity contribution in [2.24, 2.45) is 0 Å². The molecule has 0 spiro atoms. The van der Waals surface area contributed by atoms with Crippen molar-refractivity contribution in [3.8, 4) is 17.0 Å². The average Bonchev–Trinajstić information content (AvgIpc) is 2.71. The molecule has 0 fully saturated rings. The van der Waals surface area contributed by atoms with E-state index in [1.807, 2.05) is 6.07 Å². The quantitative estimate of drug-likeness (QED) is 0.185. The lowest BCUT2D eigenvalue weighted by Crippen LogP contribution is -2.18. The van der Waals surface area contributed by atoms with Crippen molar-refractivity contribution in [2.45, 2.75) is 13.8 Å². The SMILES string of the molecule is CCOC(=O)/C(C=N)=C(/Nc1cccc(-c2cccc(C)c2O)n1)OCCOC. The van der Waals surface area contributed by atoms with Crippen molar-refractivity contribution in [3.05, 3.63) is 53.4 Å². The number of phenols is 1. The van der Waals surface area contributed by atoms with Crippen LogP contribution in [-0.4, -0.2) is 49.2 Å². The Bertz CT molecular complexity index is 896. The van der Waals surface area contributed by atoms with Gasteiger partial charge in [0.15, 0.2) is 0 Å². The van der Waals surface area contributed by atoms with Crippen molar-refractivity contribution in [1.29, 1.82) is 5.41 Å². The molecule has 0 aliphatic rings. The third-order valence-electron chi connectivity index (χ3n) is 3.92. The number of nitrogens with one attached hydrogen (secondary N) is 2. The van der Waals surface area contributed by atoms with Gasteiger partial charge in [0.1, 0.15) is 23.7 Å². The molecule has 0 aliphatic carbocycles. The normalized spacial score (nSPS) is 11.4. The number of aryl methyl sites for hydroxylation is 1. The maximum atomic E-state index is 12.2. The Hall–Kier alpha value is -3.39. The van der Waals surface area contributed by atoms with Gasteiger partial charge in [-0.25, -0.2) is 9.78 Å². The molecule has 0 atom stereocenters. The molecule has 0 saturated carbocycles. The minimum Gasteiger partial charge on any atom is -0.507 e. The van der Waals surface area contributed by atoms with Gasteiger partial charge in [-0.05, 0) is 37.6 Å². The molecule has 154 valence electrons. The van der Waals surface area contributed by atoms with E-state index in [0.717, 1.165) is 11.8 Å². The summed E-state index contributed by atoms with van der Waals surface area (Å²) in [6.07, 6.45) is 0.864. The molecule has 0 amide bonds. The summed E-state index contributed by atoms with van der Waals surface area (Å²) in [6.45, 7) is 4.11. The third-order valence-corrected chi connectivity index (χ3v) is 3.92. The zero-order valence-corrected chi connectivity index (χ0v) is 16.7. The molecular formula is C21H25N3O5. The standard InChI is InChI=1S/C21H25N3O5/c1-4-28-21(26)16(13-22)20(29-12-11-27-3)24-18-10-6-9-17(23-18)15-8-5-7-14(2)19(15)25/h5-10,13,22,25H,4,11-12H2,1-3H3,(H,23,24)/b20-16-,22-13?. The fourth-order valence-electron chi connectivity index (χ4n) is 2.47. The van der Waals surface area contributed by atoms with E-state index in [1.54, 1.807) is 44.2 Å².